The normalized spacial score (nSPS) is 14.9. The van der Waals surface area contributed by atoms with Gasteiger partial charge in [0, 0.05) is 22.4 Å². The molecule has 0 amide bonds. The number of fused-ring (bicyclic) bond motifs is 9. The van der Waals surface area contributed by atoms with Gasteiger partial charge in [-0.05, 0) is 123 Å². The van der Waals surface area contributed by atoms with Crippen LogP contribution >= 0.6 is 0 Å². The maximum Gasteiger partial charge on any atom is 0.180 e. The molecule has 1 aliphatic carbocycles. The minimum absolute atomic E-state index is 0.114. The molecule has 0 N–H and O–H groups in total. The highest BCUT2D eigenvalue weighted by Gasteiger charge is 2.49. The molecule has 13 rings (SSSR count). The van der Waals surface area contributed by atoms with E-state index in [4.69, 9.17) is 0 Å². The fourth-order valence-corrected chi connectivity index (χ4v) is 21.9. The summed E-state index contributed by atoms with van der Waals surface area (Å²) in [4.78, 5) is 2.57. The van der Waals surface area contributed by atoms with Crippen LogP contribution in [0.25, 0.3) is 44.5 Å². The molecule has 10 aromatic rings. The fourth-order valence-electron chi connectivity index (χ4n) is 12.5. The van der Waals surface area contributed by atoms with E-state index in [1.54, 1.807) is 0 Å². The van der Waals surface area contributed by atoms with Gasteiger partial charge >= 0.3 is 0 Å². The van der Waals surface area contributed by atoms with Crippen molar-refractivity contribution >= 4 is 69.5 Å². The quantitative estimate of drug-likeness (QED) is 0.144. The third-order valence-corrected chi connectivity index (χ3v) is 25.0. The van der Waals surface area contributed by atoms with Crippen LogP contribution in [0, 0.1) is 0 Å². The summed E-state index contributed by atoms with van der Waals surface area (Å²) in [5.74, 6) is 0. The average molecular weight is 888 g/mol. The number of hydrogen-bond donors (Lipinski definition) is 0. The molecule has 3 heteroatoms. The van der Waals surface area contributed by atoms with E-state index in [0.717, 1.165) is 17.1 Å². The van der Waals surface area contributed by atoms with E-state index in [1.165, 1.54) is 91.9 Å². The van der Waals surface area contributed by atoms with Gasteiger partial charge in [0.25, 0.3) is 0 Å². The first-order valence-corrected chi connectivity index (χ1v) is 28.2. The molecule has 2 heterocycles. The Kier molecular flexibility index (Phi) is 8.89. The smallest absolute Gasteiger partial charge is 0.180 e. The van der Waals surface area contributed by atoms with Crippen molar-refractivity contribution in [3.63, 3.8) is 0 Å². The molecular formula is C64H49NSi2. The molecule has 0 atom stereocenters. The maximum atomic E-state index is 2.57. The molecule has 0 unspecified atom stereocenters. The highest BCUT2D eigenvalue weighted by atomic mass is 28.3. The van der Waals surface area contributed by atoms with Crippen molar-refractivity contribution in [3.05, 3.63) is 254 Å². The Labute approximate surface area is 396 Å². The van der Waals surface area contributed by atoms with Gasteiger partial charge in [-0.1, -0.05) is 227 Å². The Morgan fingerprint density at radius 1 is 0.328 bits per heavy atom. The van der Waals surface area contributed by atoms with Crippen molar-refractivity contribution in [2.75, 3.05) is 4.90 Å². The lowest BCUT2D eigenvalue weighted by atomic mass is 9.81. The molecule has 0 radical (unpaired) electrons. The van der Waals surface area contributed by atoms with E-state index in [-0.39, 0.29) is 5.41 Å². The number of para-hydroxylation sites is 1. The van der Waals surface area contributed by atoms with E-state index in [0.29, 0.717) is 0 Å². The topological polar surface area (TPSA) is 3.24 Å². The molecule has 10 aromatic carbocycles. The zero-order valence-corrected chi connectivity index (χ0v) is 40.0. The first-order valence-electron chi connectivity index (χ1n) is 23.7. The first-order chi connectivity index (χ1) is 32.9. The number of anilines is 3. The zero-order valence-electron chi connectivity index (χ0n) is 38.0. The maximum absolute atomic E-state index is 2.78. The van der Waals surface area contributed by atoms with Crippen LogP contribution < -0.4 is 41.2 Å². The minimum Gasteiger partial charge on any atom is -0.310 e. The summed E-state index contributed by atoms with van der Waals surface area (Å²) in [5.41, 5.74) is 16.7. The molecule has 0 fully saturated rings. The monoisotopic (exact) mass is 887 g/mol. The molecule has 318 valence electrons. The molecule has 3 aliphatic rings. The molecule has 0 spiro atoms. The van der Waals surface area contributed by atoms with Gasteiger partial charge in [0.1, 0.15) is 8.07 Å². The third kappa shape index (κ3) is 5.65. The minimum atomic E-state index is -2.78. The van der Waals surface area contributed by atoms with Crippen molar-refractivity contribution < 1.29 is 0 Å². The highest BCUT2D eigenvalue weighted by molar-refractivity contribution is 7.22. The van der Waals surface area contributed by atoms with Crippen LogP contribution in [-0.2, 0) is 5.41 Å². The van der Waals surface area contributed by atoms with Crippen molar-refractivity contribution in [1.29, 1.82) is 0 Å². The Balaban J connectivity index is 1.06. The van der Waals surface area contributed by atoms with Gasteiger partial charge in [-0.25, -0.2) is 0 Å². The number of benzene rings is 10. The van der Waals surface area contributed by atoms with E-state index in [2.05, 4.69) is 268 Å². The van der Waals surface area contributed by atoms with Crippen molar-refractivity contribution in [2.45, 2.75) is 25.8 Å². The van der Waals surface area contributed by atoms with Gasteiger partial charge < -0.3 is 4.90 Å². The van der Waals surface area contributed by atoms with E-state index in [1.807, 2.05) is 0 Å². The average Bonchev–Trinajstić information content (AvgIpc) is 3.93. The van der Waals surface area contributed by atoms with Gasteiger partial charge in [0.15, 0.2) is 8.07 Å². The summed E-state index contributed by atoms with van der Waals surface area (Å²) in [5, 5.41) is 10.1. The van der Waals surface area contributed by atoms with Gasteiger partial charge in [-0.2, -0.15) is 0 Å². The summed E-state index contributed by atoms with van der Waals surface area (Å²) < 4.78 is 0. The van der Waals surface area contributed by atoms with Crippen molar-refractivity contribution in [1.82, 2.24) is 0 Å². The summed E-state index contributed by atoms with van der Waals surface area (Å²) in [7, 11) is -5.19. The van der Waals surface area contributed by atoms with E-state index < -0.39 is 16.1 Å². The number of rotatable bonds is 7. The van der Waals surface area contributed by atoms with E-state index >= 15 is 0 Å². The van der Waals surface area contributed by atoms with Crippen LogP contribution in [0.5, 0.6) is 0 Å². The molecule has 0 saturated carbocycles. The lowest BCUT2D eigenvalue weighted by Crippen LogP contribution is -2.72. The second-order valence-corrected chi connectivity index (χ2v) is 26.9. The number of nitrogens with zero attached hydrogens (tertiary/aromatic N) is 1. The third-order valence-electron chi connectivity index (χ3n) is 15.6. The molecular weight excluding hydrogens is 839 g/mol. The van der Waals surface area contributed by atoms with Crippen LogP contribution in [0.1, 0.15) is 25.0 Å². The van der Waals surface area contributed by atoms with Crippen LogP contribution in [0.4, 0.5) is 17.1 Å². The van der Waals surface area contributed by atoms with Crippen molar-refractivity contribution in [2.24, 2.45) is 0 Å². The lowest BCUT2D eigenvalue weighted by molar-refractivity contribution is 0.660. The molecule has 0 saturated heterocycles. The number of hydrogen-bond acceptors (Lipinski definition) is 1. The molecule has 67 heavy (non-hydrogen) atoms. The van der Waals surface area contributed by atoms with Gasteiger partial charge in [-0.3, -0.25) is 0 Å². The van der Waals surface area contributed by atoms with Crippen LogP contribution in [0.2, 0.25) is 6.55 Å². The fraction of sp³-hybridized carbons (Fsp3) is 0.0625. The summed E-state index contributed by atoms with van der Waals surface area (Å²) in [6, 6.07) is 92.5. The van der Waals surface area contributed by atoms with Gasteiger partial charge in [0.05, 0.1) is 5.69 Å². The van der Waals surface area contributed by atoms with Gasteiger partial charge in [0.2, 0.25) is 0 Å². The van der Waals surface area contributed by atoms with Crippen LogP contribution in [0.3, 0.4) is 0 Å². The van der Waals surface area contributed by atoms with Gasteiger partial charge in [-0.15, -0.1) is 0 Å². The highest BCUT2D eigenvalue weighted by Crippen LogP contribution is 2.50. The Morgan fingerprint density at radius 2 is 0.776 bits per heavy atom. The van der Waals surface area contributed by atoms with Crippen molar-refractivity contribution in [3.8, 4) is 44.5 Å². The first kappa shape index (κ1) is 39.8. The van der Waals surface area contributed by atoms with Crippen LogP contribution in [0.15, 0.2) is 243 Å². The predicted molar refractivity (Wildman–Crippen MR) is 289 cm³/mol. The predicted octanol–water partition coefficient (Wildman–Crippen LogP) is 11.6. The van der Waals surface area contributed by atoms with Crippen LogP contribution in [-0.4, -0.2) is 16.1 Å². The Bertz CT molecular complexity index is 3510. The standard InChI is InChI=1S/C64H49NSi2/c1-64(2)57-33-13-7-28-51(57)52-40-39-44(41-58(52)64)50-27-8-14-34-59(50)65(45-21-19-25-48(42-45)66(3)60-35-15-9-29-53(60)54-30-10-16-36-61(54)66)46-22-20-26-49(43-46)67(47-23-5-4-6-24-47)62-37-17-11-31-55(62)56-32-12-18-38-63(56)67/h4-43H,1-3H3. The SMILES string of the molecule is CC1(C)c2ccccc2-c2ccc(-c3ccccc3N(c3cccc([Si]4(C)c5ccccc5-c5ccccc54)c3)c3cccc([Si]4(c5ccccc5)c5ccccc5-c5ccccc54)c3)cc21. The molecule has 0 bridgehead atoms. The summed E-state index contributed by atoms with van der Waals surface area (Å²) in [6.07, 6.45) is 0. The largest absolute Gasteiger partial charge is 0.310 e. The second-order valence-electron chi connectivity index (χ2n) is 19.3. The zero-order chi connectivity index (χ0) is 44.9. The Morgan fingerprint density at radius 3 is 1.40 bits per heavy atom. The summed E-state index contributed by atoms with van der Waals surface area (Å²) in [6.45, 7) is 7.32. The van der Waals surface area contributed by atoms with E-state index in [9.17, 15) is 0 Å². The molecule has 0 aromatic heterocycles. The molecule has 2 aliphatic heterocycles. The Hall–Kier alpha value is -7.57. The summed E-state index contributed by atoms with van der Waals surface area (Å²) >= 11 is 0. The molecule has 1 nitrogen and oxygen atoms in total. The second kappa shape index (κ2) is 15.0. The lowest BCUT2D eigenvalue weighted by Gasteiger charge is -2.34.